The Morgan fingerprint density at radius 3 is 2.19 bits per heavy atom. The summed E-state index contributed by atoms with van der Waals surface area (Å²) in [6.07, 6.45) is -4.94. The van der Waals surface area contributed by atoms with Gasteiger partial charge in [-0.2, -0.15) is 13.2 Å². The number of aromatic amines is 1. The van der Waals surface area contributed by atoms with Gasteiger partial charge in [0.05, 0.1) is 9.26 Å². The second-order valence-corrected chi connectivity index (χ2v) is 5.04. The van der Waals surface area contributed by atoms with Gasteiger partial charge in [-0.25, -0.2) is 18.1 Å². The van der Waals surface area contributed by atoms with Gasteiger partial charge in [-0.3, -0.25) is 4.79 Å². The van der Waals surface area contributed by atoms with Crippen LogP contribution in [0, 0.1) is 15.2 Å². The summed E-state index contributed by atoms with van der Waals surface area (Å²) in [5.41, 5.74) is -5.28. The second-order valence-electron chi connectivity index (χ2n) is 3.88. The molecule has 0 fully saturated rings. The fourth-order valence-corrected chi connectivity index (χ4v) is 1.99. The van der Waals surface area contributed by atoms with Crippen LogP contribution in [-0.4, -0.2) is 9.55 Å². The summed E-state index contributed by atoms with van der Waals surface area (Å²) in [6, 6.07) is 1.37. The van der Waals surface area contributed by atoms with Crippen molar-refractivity contribution in [3.63, 3.8) is 0 Å². The van der Waals surface area contributed by atoms with E-state index >= 15 is 0 Å². The van der Waals surface area contributed by atoms with Crippen molar-refractivity contribution in [3.8, 4) is 5.69 Å². The maximum absolute atomic E-state index is 13.7. The van der Waals surface area contributed by atoms with E-state index in [1.807, 2.05) is 0 Å². The number of benzene rings is 1. The van der Waals surface area contributed by atoms with E-state index in [9.17, 15) is 31.5 Å². The van der Waals surface area contributed by atoms with E-state index in [-0.39, 0.29) is 14.2 Å². The van der Waals surface area contributed by atoms with Crippen molar-refractivity contribution >= 4 is 22.6 Å². The van der Waals surface area contributed by atoms with Crippen molar-refractivity contribution in [1.82, 2.24) is 9.55 Å². The van der Waals surface area contributed by atoms with E-state index in [2.05, 4.69) is 0 Å². The number of hydrogen-bond acceptors (Lipinski definition) is 2. The maximum atomic E-state index is 13.7. The Morgan fingerprint density at radius 1 is 1.05 bits per heavy atom. The van der Waals surface area contributed by atoms with Crippen molar-refractivity contribution < 1.29 is 22.0 Å². The first kappa shape index (κ1) is 15.7. The molecule has 0 aliphatic carbocycles. The Hall–Kier alpha value is -1.72. The van der Waals surface area contributed by atoms with Crippen LogP contribution in [-0.2, 0) is 6.18 Å². The van der Waals surface area contributed by atoms with Gasteiger partial charge < -0.3 is 4.98 Å². The summed E-state index contributed by atoms with van der Waals surface area (Å²) in [4.78, 5) is 24.6. The van der Waals surface area contributed by atoms with Crippen LogP contribution in [0.3, 0.4) is 0 Å². The lowest BCUT2D eigenvalue weighted by Gasteiger charge is -2.10. The number of rotatable bonds is 1. The first-order valence-corrected chi connectivity index (χ1v) is 6.27. The second kappa shape index (κ2) is 5.24. The Morgan fingerprint density at radius 2 is 1.67 bits per heavy atom. The molecule has 0 amide bonds. The third kappa shape index (κ3) is 2.99. The van der Waals surface area contributed by atoms with Gasteiger partial charge in [-0.15, -0.1) is 0 Å². The molecule has 0 saturated heterocycles. The molecule has 112 valence electrons. The molecule has 0 bridgehead atoms. The molecular weight excluding hydrogens is 414 g/mol. The van der Waals surface area contributed by atoms with Crippen LogP contribution in [0.2, 0.25) is 0 Å². The highest BCUT2D eigenvalue weighted by atomic mass is 127. The Kier molecular flexibility index (Phi) is 3.91. The highest BCUT2D eigenvalue weighted by Crippen LogP contribution is 2.25. The monoisotopic (exact) mass is 418 g/mol. The maximum Gasteiger partial charge on any atom is 0.431 e. The normalized spacial score (nSPS) is 11.7. The van der Waals surface area contributed by atoms with Crippen molar-refractivity contribution in [1.29, 1.82) is 0 Å². The molecule has 0 unspecified atom stereocenters. The van der Waals surface area contributed by atoms with Crippen molar-refractivity contribution in [2.75, 3.05) is 0 Å². The lowest BCUT2D eigenvalue weighted by atomic mass is 10.3. The zero-order valence-electron chi connectivity index (χ0n) is 9.76. The fraction of sp³-hybridized carbons (Fsp3) is 0.0909. The van der Waals surface area contributed by atoms with Crippen LogP contribution in [0.25, 0.3) is 5.69 Å². The zero-order valence-corrected chi connectivity index (χ0v) is 11.9. The average Bonchev–Trinajstić information content (AvgIpc) is 2.33. The summed E-state index contributed by atoms with van der Waals surface area (Å²) >= 11 is 1.48. The van der Waals surface area contributed by atoms with Crippen molar-refractivity contribution in [3.05, 3.63) is 59.9 Å². The van der Waals surface area contributed by atoms with Gasteiger partial charge in [0.2, 0.25) is 0 Å². The van der Waals surface area contributed by atoms with Gasteiger partial charge >= 0.3 is 11.9 Å². The summed E-state index contributed by atoms with van der Waals surface area (Å²) in [7, 11) is 0. The largest absolute Gasteiger partial charge is 0.431 e. The van der Waals surface area contributed by atoms with E-state index in [0.717, 1.165) is 6.07 Å². The minimum absolute atomic E-state index is 0.0870. The predicted molar refractivity (Wildman–Crippen MR) is 70.3 cm³/mol. The number of halogens is 6. The Bertz CT molecular complexity index is 794. The minimum atomic E-state index is -4.94. The van der Waals surface area contributed by atoms with Crippen LogP contribution in [0.1, 0.15) is 5.69 Å². The number of nitrogens with one attached hydrogen (secondary N) is 1. The summed E-state index contributed by atoms with van der Waals surface area (Å²) in [6.45, 7) is 0. The molecule has 1 N–H and O–H groups in total. The molecule has 4 nitrogen and oxygen atoms in total. The van der Waals surface area contributed by atoms with Crippen LogP contribution < -0.4 is 11.2 Å². The number of nitrogens with zero attached hydrogens (tertiary/aromatic N) is 1. The van der Waals surface area contributed by atoms with Crippen molar-refractivity contribution in [2.24, 2.45) is 0 Å². The quantitative estimate of drug-likeness (QED) is 0.440. The molecule has 2 aromatic rings. The Balaban J connectivity index is 2.75. The molecule has 0 radical (unpaired) electrons. The first-order valence-electron chi connectivity index (χ1n) is 5.20. The standard InChI is InChI=1S/C11H4F5IN2O2/c12-4-2-7(5(13)1-6(4)17)19-9(20)3-8(11(14,15)16)18-10(19)21/h1-3H,(H,18,21). The Labute approximate surface area is 126 Å². The number of H-pyrrole nitrogens is 1. The number of hydrogen-bond donors (Lipinski definition) is 1. The zero-order chi connectivity index (χ0) is 15.9. The van der Waals surface area contributed by atoms with Gasteiger partial charge in [-0.05, 0) is 28.7 Å². The topological polar surface area (TPSA) is 54.9 Å². The molecule has 0 saturated carbocycles. The smallest absolute Gasteiger partial charge is 0.303 e. The lowest BCUT2D eigenvalue weighted by Crippen LogP contribution is -2.36. The molecule has 21 heavy (non-hydrogen) atoms. The number of aromatic nitrogens is 2. The highest BCUT2D eigenvalue weighted by molar-refractivity contribution is 14.1. The molecule has 1 heterocycles. The molecule has 1 aromatic carbocycles. The van der Waals surface area contributed by atoms with Gasteiger partial charge in [0.25, 0.3) is 5.56 Å². The molecule has 2 rings (SSSR count). The SMILES string of the molecule is O=c1cc(C(F)(F)F)[nH]c(=O)n1-c1cc(F)c(I)cc1F. The number of alkyl halides is 3. The van der Waals surface area contributed by atoms with Gasteiger partial charge in [0, 0.05) is 12.1 Å². The summed E-state index contributed by atoms with van der Waals surface area (Å²) in [5, 5.41) is 0. The van der Waals surface area contributed by atoms with Crippen molar-refractivity contribution in [2.45, 2.75) is 6.18 Å². The van der Waals surface area contributed by atoms with E-state index < -0.39 is 40.4 Å². The van der Waals surface area contributed by atoms with Gasteiger partial charge in [0.15, 0.2) is 0 Å². The first-order chi connectivity index (χ1) is 9.61. The molecule has 0 aliphatic rings. The summed E-state index contributed by atoms with van der Waals surface area (Å²) < 4.78 is 64.4. The molecule has 10 heteroatoms. The molecule has 0 spiro atoms. The molecule has 0 aliphatic heterocycles. The molecular formula is C11H4F5IN2O2. The van der Waals surface area contributed by atoms with Gasteiger partial charge in [0.1, 0.15) is 17.3 Å². The minimum Gasteiger partial charge on any atom is -0.303 e. The lowest BCUT2D eigenvalue weighted by molar-refractivity contribution is -0.141. The van der Waals surface area contributed by atoms with Crippen LogP contribution in [0.4, 0.5) is 22.0 Å². The van der Waals surface area contributed by atoms with Crippen LogP contribution in [0.5, 0.6) is 0 Å². The third-order valence-corrected chi connectivity index (χ3v) is 3.30. The molecule has 0 atom stereocenters. The van der Waals surface area contributed by atoms with E-state index in [1.165, 1.54) is 27.6 Å². The van der Waals surface area contributed by atoms with Gasteiger partial charge in [-0.1, -0.05) is 0 Å². The van der Waals surface area contributed by atoms with E-state index in [1.54, 1.807) is 0 Å². The molecule has 1 aromatic heterocycles. The fourth-order valence-electron chi connectivity index (χ4n) is 1.56. The highest BCUT2D eigenvalue weighted by Gasteiger charge is 2.33. The van der Waals surface area contributed by atoms with E-state index in [0.29, 0.717) is 6.07 Å². The third-order valence-electron chi connectivity index (χ3n) is 2.47. The average molecular weight is 418 g/mol. The van der Waals surface area contributed by atoms with E-state index in [4.69, 9.17) is 0 Å². The van der Waals surface area contributed by atoms with Crippen LogP contribution in [0.15, 0.2) is 27.8 Å². The predicted octanol–water partition coefficient (Wildman–Crippen LogP) is 2.43. The van der Waals surface area contributed by atoms with Crippen LogP contribution >= 0.6 is 22.6 Å². The summed E-state index contributed by atoms with van der Waals surface area (Å²) in [5.74, 6) is -2.04.